The van der Waals surface area contributed by atoms with E-state index in [2.05, 4.69) is 0 Å². The monoisotopic (exact) mass is 320 g/mol. The molecule has 2 atom stereocenters. The standard InChI is InChI=1S/C15H16N2O4S/c1-21-10-4-2-8(3-5-10)6-9-7-22-14-11(16)13(18)17(14)12(9)15(19)20/h2-5,11,14H,6-7,16H2,1H3,(H,19,20)/t11-,14+/m1/s1. The van der Waals surface area contributed by atoms with Crippen molar-refractivity contribution in [3.05, 3.63) is 41.1 Å². The van der Waals surface area contributed by atoms with Crippen LogP contribution in [0.3, 0.4) is 0 Å². The van der Waals surface area contributed by atoms with E-state index in [9.17, 15) is 14.7 Å². The normalized spacial score (nSPS) is 23.9. The van der Waals surface area contributed by atoms with E-state index >= 15 is 0 Å². The van der Waals surface area contributed by atoms with Crippen molar-refractivity contribution in [3.63, 3.8) is 0 Å². The van der Waals surface area contributed by atoms with E-state index in [0.717, 1.165) is 16.9 Å². The van der Waals surface area contributed by atoms with Gasteiger partial charge in [0.05, 0.1) is 7.11 Å². The summed E-state index contributed by atoms with van der Waals surface area (Å²) in [6.45, 7) is 0. The predicted octanol–water partition coefficient (Wildman–Crippen LogP) is 0.819. The highest BCUT2D eigenvalue weighted by Crippen LogP contribution is 2.40. The van der Waals surface area contributed by atoms with Gasteiger partial charge in [0.2, 0.25) is 5.91 Å². The van der Waals surface area contributed by atoms with Gasteiger partial charge < -0.3 is 15.6 Å². The number of thioether (sulfide) groups is 1. The van der Waals surface area contributed by atoms with Gasteiger partial charge in [-0.15, -0.1) is 11.8 Å². The number of nitrogens with two attached hydrogens (primary N) is 1. The Morgan fingerprint density at radius 2 is 2.14 bits per heavy atom. The van der Waals surface area contributed by atoms with Crippen molar-refractivity contribution in [2.45, 2.75) is 17.8 Å². The molecule has 2 aliphatic rings. The minimum Gasteiger partial charge on any atom is -0.497 e. The quantitative estimate of drug-likeness (QED) is 0.798. The zero-order valence-electron chi connectivity index (χ0n) is 12.0. The van der Waals surface area contributed by atoms with Crippen LogP contribution < -0.4 is 10.5 Å². The number of carbonyl (C=O) groups excluding carboxylic acids is 1. The molecule has 1 aromatic carbocycles. The maximum atomic E-state index is 11.9. The van der Waals surface area contributed by atoms with E-state index in [1.54, 1.807) is 7.11 Å². The Kier molecular flexibility index (Phi) is 3.84. The van der Waals surface area contributed by atoms with Crippen LogP contribution in [0.4, 0.5) is 0 Å². The summed E-state index contributed by atoms with van der Waals surface area (Å²) in [5.41, 5.74) is 7.53. The van der Waals surface area contributed by atoms with Crippen LogP contribution in [0.5, 0.6) is 5.75 Å². The Labute approximate surface area is 131 Å². The van der Waals surface area contributed by atoms with Gasteiger partial charge in [-0.05, 0) is 29.7 Å². The van der Waals surface area contributed by atoms with Crippen LogP contribution in [0.2, 0.25) is 0 Å². The second-order valence-electron chi connectivity index (χ2n) is 5.22. The van der Waals surface area contributed by atoms with Gasteiger partial charge in [-0.1, -0.05) is 12.1 Å². The first-order chi connectivity index (χ1) is 10.5. The Morgan fingerprint density at radius 1 is 1.45 bits per heavy atom. The van der Waals surface area contributed by atoms with Crippen LogP contribution in [-0.2, 0) is 16.0 Å². The molecule has 2 aliphatic heterocycles. The number of β-lactam (4-membered cyclic amide) rings is 1. The second-order valence-corrected chi connectivity index (χ2v) is 6.32. The minimum atomic E-state index is -1.07. The molecular weight excluding hydrogens is 304 g/mol. The zero-order valence-corrected chi connectivity index (χ0v) is 12.8. The van der Waals surface area contributed by atoms with Crippen molar-refractivity contribution >= 4 is 23.6 Å². The van der Waals surface area contributed by atoms with E-state index in [4.69, 9.17) is 10.5 Å². The molecule has 1 aromatic rings. The number of nitrogens with zero attached hydrogens (tertiary/aromatic N) is 1. The van der Waals surface area contributed by atoms with Crippen LogP contribution >= 0.6 is 11.8 Å². The van der Waals surface area contributed by atoms with Crippen molar-refractivity contribution in [1.82, 2.24) is 4.90 Å². The van der Waals surface area contributed by atoms with Gasteiger partial charge in [-0.3, -0.25) is 9.69 Å². The Morgan fingerprint density at radius 3 is 2.73 bits per heavy atom. The van der Waals surface area contributed by atoms with Crippen LogP contribution in [0.1, 0.15) is 5.56 Å². The lowest BCUT2D eigenvalue weighted by Crippen LogP contribution is -2.68. The first-order valence-electron chi connectivity index (χ1n) is 6.81. The average Bonchev–Trinajstić information content (AvgIpc) is 2.54. The van der Waals surface area contributed by atoms with Crippen LogP contribution in [0.25, 0.3) is 0 Å². The topological polar surface area (TPSA) is 92.9 Å². The third-order valence-electron chi connectivity index (χ3n) is 3.87. The first kappa shape index (κ1) is 14.9. The number of methoxy groups -OCH3 is 1. The number of aliphatic carboxylic acids is 1. The highest BCUT2D eigenvalue weighted by Gasteiger charge is 2.51. The molecule has 0 bridgehead atoms. The summed E-state index contributed by atoms with van der Waals surface area (Å²) in [5.74, 6) is -0.0791. The number of hydrogen-bond acceptors (Lipinski definition) is 5. The van der Waals surface area contributed by atoms with Crippen LogP contribution in [0.15, 0.2) is 35.5 Å². The molecule has 3 N–H and O–H groups in total. The predicted molar refractivity (Wildman–Crippen MR) is 82.4 cm³/mol. The Balaban J connectivity index is 1.89. The number of rotatable bonds is 4. The highest BCUT2D eigenvalue weighted by molar-refractivity contribution is 8.00. The molecule has 2 heterocycles. The van der Waals surface area contributed by atoms with Gasteiger partial charge in [-0.25, -0.2) is 4.79 Å². The van der Waals surface area contributed by atoms with Crippen LogP contribution in [0, 0.1) is 0 Å². The number of carbonyl (C=O) groups is 2. The molecule has 1 fully saturated rings. The van der Waals surface area contributed by atoms with Crippen molar-refractivity contribution in [3.8, 4) is 5.75 Å². The molecule has 3 rings (SSSR count). The van der Waals surface area contributed by atoms with Gasteiger partial charge in [0, 0.05) is 5.75 Å². The molecule has 0 saturated carbocycles. The fourth-order valence-corrected chi connectivity index (χ4v) is 4.00. The zero-order chi connectivity index (χ0) is 15.9. The van der Waals surface area contributed by atoms with E-state index < -0.39 is 12.0 Å². The van der Waals surface area contributed by atoms with Gasteiger partial charge in [-0.2, -0.15) is 0 Å². The number of benzene rings is 1. The number of amides is 1. The van der Waals surface area contributed by atoms with Gasteiger partial charge >= 0.3 is 5.97 Å². The molecule has 116 valence electrons. The molecule has 1 saturated heterocycles. The summed E-state index contributed by atoms with van der Waals surface area (Å²) in [6.07, 6.45) is 0.490. The summed E-state index contributed by atoms with van der Waals surface area (Å²) in [4.78, 5) is 24.8. The van der Waals surface area contributed by atoms with E-state index in [-0.39, 0.29) is 17.0 Å². The Bertz CT molecular complexity index is 656. The summed E-state index contributed by atoms with van der Waals surface area (Å²) < 4.78 is 5.11. The van der Waals surface area contributed by atoms with Crippen LogP contribution in [-0.4, -0.2) is 46.2 Å². The molecular formula is C15H16N2O4S. The number of carboxylic acid groups (broad SMARTS) is 1. The van der Waals surface area contributed by atoms with Gasteiger partial charge in [0.15, 0.2) is 0 Å². The van der Waals surface area contributed by atoms with Crippen molar-refractivity contribution < 1.29 is 19.4 Å². The van der Waals surface area contributed by atoms with Gasteiger partial charge in [0.25, 0.3) is 0 Å². The lowest BCUT2D eigenvalue weighted by atomic mass is 9.99. The van der Waals surface area contributed by atoms with Crippen molar-refractivity contribution in [2.24, 2.45) is 5.73 Å². The first-order valence-corrected chi connectivity index (χ1v) is 7.86. The van der Waals surface area contributed by atoms with E-state index in [0.29, 0.717) is 12.2 Å². The molecule has 7 heteroatoms. The molecule has 0 aliphatic carbocycles. The molecule has 0 spiro atoms. The molecule has 6 nitrogen and oxygen atoms in total. The lowest BCUT2D eigenvalue weighted by Gasteiger charge is -2.48. The molecule has 0 radical (unpaired) electrons. The highest BCUT2D eigenvalue weighted by atomic mass is 32.2. The fraction of sp³-hybridized carbons (Fsp3) is 0.333. The maximum Gasteiger partial charge on any atom is 0.352 e. The molecule has 1 amide bonds. The van der Waals surface area contributed by atoms with Crippen molar-refractivity contribution in [2.75, 3.05) is 12.9 Å². The van der Waals surface area contributed by atoms with Crippen molar-refractivity contribution in [1.29, 1.82) is 0 Å². The SMILES string of the molecule is COc1ccc(CC2=C(C(=O)O)N3C(=O)[C@@H](N)[C@@H]3SC2)cc1. The summed E-state index contributed by atoms with van der Waals surface area (Å²) in [7, 11) is 1.59. The van der Waals surface area contributed by atoms with E-state index in [1.165, 1.54) is 16.7 Å². The third kappa shape index (κ3) is 2.36. The fourth-order valence-electron chi connectivity index (χ4n) is 2.71. The minimum absolute atomic E-state index is 0.0891. The Hall–Kier alpha value is -1.99. The lowest BCUT2D eigenvalue weighted by molar-refractivity contribution is -0.148. The van der Waals surface area contributed by atoms with E-state index in [1.807, 2.05) is 24.3 Å². The summed E-state index contributed by atoms with van der Waals surface area (Å²) >= 11 is 1.52. The number of ether oxygens (including phenoxy) is 1. The number of carboxylic acids is 1. The summed E-state index contributed by atoms with van der Waals surface area (Å²) in [5, 5.41) is 9.22. The molecule has 22 heavy (non-hydrogen) atoms. The number of hydrogen-bond donors (Lipinski definition) is 2. The van der Waals surface area contributed by atoms with Gasteiger partial charge in [0.1, 0.15) is 22.9 Å². The molecule has 0 aromatic heterocycles. The number of fused-ring (bicyclic) bond motifs is 1. The smallest absolute Gasteiger partial charge is 0.352 e. The maximum absolute atomic E-state index is 11.9. The second kappa shape index (κ2) is 5.66. The molecule has 0 unspecified atom stereocenters. The summed E-state index contributed by atoms with van der Waals surface area (Å²) in [6, 6.07) is 6.86. The largest absolute Gasteiger partial charge is 0.497 e. The average molecular weight is 320 g/mol. The third-order valence-corrected chi connectivity index (χ3v) is 5.23.